The zero-order chi connectivity index (χ0) is 14.7. The van der Waals surface area contributed by atoms with Crippen LogP contribution < -0.4 is 0 Å². The van der Waals surface area contributed by atoms with Crippen molar-refractivity contribution < 1.29 is 24.8 Å². The number of hydrogen-bond donors (Lipinski definition) is 0. The summed E-state index contributed by atoms with van der Waals surface area (Å²) >= 11 is 0. The van der Waals surface area contributed by atoms with Crippen molar-refractivity contribution in [2.24, 2.45) is 0 Å². The minimum absolute atomic E-state index is 0. The maximum atomic E-state index is 14.4. The van der Waals surface area contributed by atoms with Gasteiger partial charge >= 0.3 is 0 Å². The Morgan fingerprint density at radius 2 is 1.73 bits per heavy atom. The van der Waals surface area contributed by atoms with E-state index in [2.05, 4.69) is 30.3 Å². The van der Waals surface area contributed by atoms with Crippen LogP contribution in [0.1, 0.15) is 56.1 Å². The van der Waals surface area contributed by atoms with Crippen molar-refractivity contribution in [2.45, 2.75) is 51.4 Å². The fraction of sp³-hybridized carbons (Fsp3) is 0.400. The number of rotatable bonds is 3. The minimum Gasteiger partial charge on any atom is -0.283 e. The van der Waals surface area contributed by atoms with Crippen molar-refractivity contribution in [2.75, 3.05) is 0 Å². The van der Waals surface area contributed by atoms with E-state index in [1.54, 1.807) is 0 Å². The van der Waals surface area contributed by atoms with Gasteiger partial charge in [0.15, 0.2) is 0 Å². The zero-order valence-corrected chi connectivity index (χ0v) is 15.8. The summed E-state index contributed by atoms with van der Waals surface area (Å²) in [6, 6.07) is 15.2. The van der Waals surface area contributed by atoms with Gasteiger partial charge in [-0.15, -0.1) is 5.56 Å². The van der Waals surface area contributed by atoms with E-state index in [1.165, 1.54) is 37.7 Å². The Morgan fingerprint density at radius 3 is 2.36 bits per heavy atom. The third kappa shape index (κ3) is 3.68. The summed E-state index contributed by atoms with van der Waals surface area (Å²) in [6.45, 7) is 1.96. The predicted molar refractivity (Wildman–Crippen MR) is 85.9 cm³/mol. The molecule has 0 unspecified atom stereocenters. The molecular weight excluding hydrogens is 445 g/mol. The van der Waals surface area contributed by atoms with E-state index < -0.39 is 0 Å². The first-order chi connectivity index (χ1) is 10.3. The number of aryl methyl sites for hydroxylation is 1. The topological polar surface area (TPSA) is 0 Å². The molecule has 2 aromatic carbocycles. The SMILES string of the molecule is CCc1[c-]ccc(-c2ccc(C3CCCCC3)cc2)c1F.[Re]. The molecule has 3 rings (SSSR count). The fourth-order valence-electron chi connectivity index (χ4n) is 3.38. The smallest absolute Gasteiger partial charge is 0.0195 e. The van der Waals surface area contributed by atoms with E-state index in [-0.39, 0.29) is 26.2 Å². The van der Waals surface area contributed by atoms with Crippen LogP contribution in [0.15, 0.2) is 36.4 Å². The van der Waals surface area contributed by atoms with E-state index >= 15 is 0 Å². The summed E-state index contributed by atoms with van der Waals surface area (Å²) in [5, 5.41) is 0. The zero-order valence-electron chi connectivity index (χ0n) is 13.0. The molecule has 22 heavy (non-hydrogen) atoms. The Hall–Kier alpha value is -0.968. The van der Waals surface area contributed by atoms with Gasteiger partial charge in [-0.2, -0.15) is 18.2 Å². The molecule has 1 aliphatic carbocycles. The molecule has 0 atom stereocenters. The molecule has 0 heterocycles. The summed E-state index contributed by atoms with van der Waals surface area (Å²) < 4.78 is 14.4. The van der Waals surface area contributed by atoms with Crippen LogP contribution in [0.2, 0.25) is 0 Å². The Labute approximate surface area is 146 Å². The van der Waals surface area contributed by atoms with Crippen molar-refractivity contribution in [3.63, 3.8) is 0 Å². The molecule has 0 nitrogen and oxygen atoms in total. The van der Waals surface area contributed by atoms with Gasteiger partial charge in [0.2, 0.25) is 0 Å². The summed E-state index contributed by atoms with van der Waals surface area (Å²) in [4.78, 5) is 0. The molecule has 0 N–H and O–H groups in total. The average Bonchev–Trinajstić information content (AvgIpc) is 2.56. The van der Waals surface area contributed by atoms with E-state index in [4.69, 9.17) is 0 Å². The molecule has 1 saturated carbocycles. The van der Waals surface area contributed by atoms with Crippen LogP contribution in [0.5, 0.6) is 0 Å². The van der Waals surface area contributed by atoms with Crippen LogP contribution in [-0.2, 0) is 26.8 Å². The molecule has 2 aromatic rings. The summed E-state index contributed by atoms with van der Waals surface area (Å²) in [6.07, 6.45) is 7.34. The molecule has 1 aliphatic rings. The second kappa shape index (κ2) is 8.05. The van der Waals surface area contributed by atoms with Crippen LogP contribution in [0.25, 0.3) is 11.1 Å². The maximum absolute atomic E-state index is 14.4. The van der Waals surface area contributed by atoms with Crippen molar-refractivity contribution in [3.05, 3.63) is 59.4 Å². The second-order valence-electron chi connectivity index (χ2n) is 5.99. The standard InChI is InChI=1S/C20H22F.Re/c1-2-15-9-6-10-19(20(15)21)18-13-11-17(12-14-18)16-7-4-3-5-8-16;/h6,10-14,16H,2-5,7-8H2,1H3;/q-1;. The van der Waals surface area contributed by atoms with Crippen LogP contribution >= 0.6 is 0 Å². The Kier molecular flexibility index (Phi) is 6.36. The van der Waals surface area contributed by atoms with Crippen molar-refractivity contribution in [1.82, 2.24) is 0 Å². The fourth-order valence-corrected chi connectivity index (χ4v) is 3.38. The summed E-state index contributed by atoms with van der Waals surface area (Å²) in [7, 11) is 0. The third-order valence-corrected chi connectivity index (χ3v) is 4.66. The van der Waals surface area contributed by atoms with Gasteiger partial charge in [-0.05, 0) is 29.9 Å². The van der Waals surface area contributed by atoms with Crippen molar-refractivity contribution in [1.29, 1.82) is 0 Å². The van der Waals surface area contributed by atoms with E-state index in [9.17, 15) is 4.39 Å². The number of benzene rings is 2. The third-order valence-electron chi connectivity index (χ3n) is 4.66. The predicted octanol–water partition coefficient (Wildman–Crippen LogP) is 5.90. The van der Waals surface area contributed by atoms with Gasteiger partial charge in [0.1, 0.15) is 0 Å². The molecule has 0 spiro atoms. The molecule has 0 amide bonds. The van der Waals surface area contributed by atoms with Gasteiger partial charge in [-0.1, -0.05) is 62.4 Å². The molecule has 0 aromatic heterocycles. The number of hydrogen-bond acceptors (Lipinski definition) is 0. The van der Waals surface area contributed by atoms with E-state index in [1.807, 2.05) is 19.1 Å². The summed E-state index contributed by atoms with van der Waals surface area (Å²) in [5.74, 6) is 0.582. The first-order valence-electron chi connectivity index (χ1n) is 8.09. The molecule has 2 heteroatoms. The first kappa shape index (κ1) is 17.4. The molecule has 1 radical (unpaired) electrons. The van der Waals surface area contributed by atoms with Gasteiger partial charge in [0, 0.05) is 26.2 Å². The Bertz CT molecular complexity index is 598. The maximum Gasteiger partial charge on any atom is 0.0195 e. The normalized spacial score (nSPS) is 15.4. The second-order valence-corrected chi connectivity index (χ2v) is 5.99. The largest absolute Gasteiger partial charge is 0.283 e. The minimum atomic E-state index is -0.120. The Balaban J connectivity index is 0.00000176. The van der Waals surface area contributed by atoms with Crippen molar-refractivity contribution >= 4 is 0 Å². The van der Waals surface area contributed by atoms with Gasteiger partial charge in [-0.25, -0.2) is 0 Å². The van der Waals surface area contributed by atoms with Crippen molar-refractivity contribution in [3.8, 4) is 11.1 Å². The van der Waals surface area contributed by atoms with E-state index in [0.717, 1.165) is 5.56 Å². The van der Waals surface area contributed by atoms with Crippen LogP contribution in [0.3, 0.4) is 0 Å². The molecular formula is C20H22FRe-. The van der Waals surface area contributed by atoms with Crippen LogP contribution in [0, 0.1) is 11.9 Å². The van der Waals surface area contributed by atoms with Crippen LogP contribution in [-0.4, -0.2) is 0 Å². The molecule has 0 bridgehead atoms. The van der Waals surface area contributed by atoms with Crippen LogP contribution in [0.4, 0.5) is 4.39 Å². The number of halogens is 1. The Morgan fingerprint density at radius 1 is 1.05 bits per heavy atom. The van der Waals surface area contributed by atoms with Gasteiger partial charge in [0.05, 0.1) is 0 Å². The van der Waals surface area contributed by atoms with Gasteiger partial charge < -0.3 is 0 Å². The average molecular weight is 468 g/mol. The molecule has 1 fully saturated rings. The van der Waals surface area contributed by atoms with Gasteiger partial charge in [-0.3, -0.25) is 4.39 Å². The monoisotopic (exact) mass is 468 g/mol. The molecule has 117 valence electrons. The first-order valence-corrected chi connectivity index (χ1v) is 8.09. The molecule has 0 aliphatic heterocycles. The summed E-state index contributed by atoms with van der Waals surface area (Å²) in [5.41, 5.74) is 3.75. The molecule has 0 saturated heterocycles. The van der Waals surface area contributed by atoms with Gasteiger partial charge in [0.25, 0.3) is 0 Å². The van der Waals surface area contributed by atoms with E-state index in [0.29, 0.717) is 23.5 Å². The quantitative estimate of drug-likeness (QED) is 0.493.